The van der Waals surface area contributed by atoms with E-state index in [4.69, 9.17) is 20.5 Å². The molecule has 0 unspecified atom stereocenters. The summed E-state index contributed by atoms with van der Waals surface area (Å²) in [4.78, 5) is 22.3. The lowest BCUT2D eigenvalue weighted by Gasteiger charge is -2.36. The van der Waals surface area contributed by atoms with Crippen LogP contribution in [-0.4, -0.2) is 61.2 Å². The van der Waals surface area contributed by atoms with Crippen molar-refractivity contribution < 1.29 is 27.2 Å². The smallest absolute Gasteiger partial charge is 0.335 e. The van der Waals surface area contributed by atoms with Gasteiger partial charge < -0.3 is 15.2 Å². The molecule has 0 saturated heterocycles. The lowest BCUT2D eigenvalue weighted by Crippen LogP contribution is -2.33. The number of fused-ring (bicyclic) bond motifs is 1. The van der Waals surface area contributed by atoms with Gasteiger partial charge in [0.2, 0.25) is 5.78 Å². The molecule has 10 nitrogen and oxygen atoms in total. The zero-order chi connectivity index (χ0) is 27.1. The predicted molar refractivity (Wildman–Crippen MR) is 143 cm³/mol. The van der Waals surface area contributed by atoms with Crippen molar-refractivity contribution in [2.45, 2.75) is 50.0 Å². The van der Waals surface area contributed by atoms with Gasteiger partial charge in [-0.15, -0.1) is 11.3 Å². The number of carbonyl (C=O) groups is 1. The number of thiophene rings is 1. The first kappa shape index (κ1) is 27.1. The van der Waals surface area contributed by atoms with E-state index in [0.717, 1.165) is 23.1 Å². The topological polar surface area (TPSA) is 140 Å². The number of benzene rings is 1. The Labute approximate surface area is 229 Å². The Hall–Kier alpha value is -2.45. The molecule has 0 spiro atoms. The molecule has 0 radical (unpaired) electrons. The molecular formula is C25H27ClN4O6S2. The number of nitrogens with one attached hydrogen (secondary N) is 2. The van der Waals surface area contributed by atoms with E-state index in [0.29, 0.717) is 22.3 Å². The highest BCUT2D eigenvalue weighted by Crippen LogP contribution is 2.42. The maximum atomic E-state index is 13.6. The third-order valence-electron chi connectivity index (χ3n) is 6.99. The fourth-order valence-corrected chi connectivity index (χ4v) is 6.70. The molecule has 3 N–H and O–H groups in total. The number of carbonyl (C=O) groups excluding carboxylic acids is 1. The quantitative estimate of drug-likeness (QED) is 0.344. The number of ether oxygens (including phenoxy) is 1. The van der Waals surface area contributed by atoms with Crippen molar-refractivity contribution in [3.63, 3.8) is 0 Å². The van der Waals surface area contributed by atoms with Gasteiger partial charge in [-0.1, -0.05) is 17.7 Å². The van der Waals surface area contributed by atoms with Crippen LogP contribution in [0, 0.1) is 0 Å². The molecule has 1 aromatic carbocycles. The van der Waals surface area contributed by atoms with Crippen molar-refractivity contribution in [1.29, 1.82) is 0 Å². The summed E-state index contributed by atoms with van der Waals surface area (Å²) in [7, 11) is -2.72. The number of aliphatic hydroxyl groups excluding tert-OH is 1. The number of nitrogens with zero attached hydrogens (tertiary/aromatic N) is 2. The second-order valence-corrected chi connectivity index (χ2v) is 12.3. The monoisotopic (exact) mass is 578 g/mol. The largest absolute Gasteiger partial charge is 0.390 e. The van der Waals surface area contributed by atoms with Gasteiger partial charge in [-0.25, -0.2) is 9.97 Å². The van der Waals surface area contributed by atoms with E-state index in [1.165, 1.54) is 30.9 Å². The molecule has 1 aliphatic carbocycles. The van der Waals surface area contributed by atoms with Gasteiger partial charge in [-0.2, -0.15) is 13.1 Å². The highest BCUT2D eigenvalue weighted by atomic mass is 35.5. The highest BCUT2D eigenvalue weighted by molar-refractivity contribution is 7.84. The number of hydrogen-bond donors (Lipinski definition) is 3. The third kappa shape index (κ3) is 5.34. The van der Waals surface area contributed by atoms with Gasteiger partial charge in [0.25, 0.3) is 0 Å². The standard InChI is InChI=1S/C25H27ClN4O6S2/c1-25(19-8-16(26)4-3-14(19)5-6-35-25)15-7-22(37-12-15)23(32)18-11-28-13-29-24(18)30-17-9-20(31)21(10-17)36-38(33,34)27-2/h3-4,7-8,11-13,17,20-21,27,31H,5-6,9-10H2,1-2H3,(H,28,29,30)/t17-,20+,21-,25-/m1/s1. The van der Waals surface area contributed by atoms with Crippen molar-refractivity contribution in [3.8, 4) is 0 Å². The van der Waals surface area contributed by atoms with Gasteiger partial charge in [0.05, 0.1) is 23.2 Å². The van der Waals surface area contributed by atoms with Gasteiger partial charge >= 0.3 is 10.3 Å². The lowest BCUT2D eigenvalue weighted by molar-refractivity contribution is -0.0138. The van der Waals surface area contributed by atoms with E-state index in [1.54, 1.807) is 0 Å². The third-order valence-corrected chi connectivity index (χ3v) is 9.16. The number of anilines is 1. The Morgan fingerprint density at radius 1 is 1.32 bits per heavy atom. The van der Waals surface area contributed by atoms with Crippen molar-refractivity contribution in [2.24, 2.45) is 0 Å². The van der Waals surface area contributed by atoms with Crippen LogP contribution in [0.5, 0.6) is 0 Å². The van der Waals surface area contributed by atoms with Crippen LogP contribution < -0.4 is 10.0 Å². The van der Waals surface area contributed by atoms with Crippen LogP contribution in [0.4, 0.5) is 5.82 Å². The summed E-state index contributed by atoms with van der Waals surface area (Å²) in [6.45, 7) is 2.53. The average molecular weight is 579 g/mol. The molecule has 3 heterocycles. The second-order valence-electron chi connectivity index (χ2n) is 9.42. The molecule has 202 valence electrons. The van der Waals surface area contributed by atoms with Gasteiger partial charge in [-0.05, 0) is 66.5 Å². The molecule has 13 heteroatoms. The summed E-state index contributed by atoms with van der Waals surface area (Å²) in [5.74, 6) is 0.0331. The van der Waals surface area contributed by atoms with E-state index in [1.807, 2.05) is 36.6 Å². The van der Waals surface area contributed by atoms with Crippen molar-refractivity contribution >= 4 is 44.8 Å². The molecule has 3 aromatic rings. The predicted octanol–water partition coefficient (Wildman–Crippen LogP) is 3.04. The van der Waals surface area contributed by atoms with E-state index >= 15 is 0 Å². The Kier molecular flexibility index (Phi) is 7.57. The fourth-order valence-electron chi connectivity index (χ4n) is 4.94. The Morgan fingerprint density at radius 3 is 2.92 bits per heavy atom. The van der Waals surface area contributed by atoms with Crippen LogP contribution >= 0.6 is 22.9 Å². The molecule has 2 aliphatic rings. The van der Waals surface area contributed by atoms with Crippen molar-refractivity contribution in [1.82, 2.24) is 14.7 Å². The molecule has 0 bridgehead atoms. The number of aliphatic hydroxyl groups is 1. The van der Waals surface area contributed by atoms with Crippen LogP contribution in [0.25, 0.3) is 0 Å². The number of rotatable bonds is 8. The minimum absolute atomic E-state index is 0.209. The SMILES string of the molecule is CNS(=O)(=O)O[C@@H]1C[C@H](Nc2ncncc2C(=O)c2cc([C@@]3(C)OCCc4ccc(Cl)cc43)cs2)C[C@@H]1O. The molecule has 5 rings (SSSR count). The van der Waals surface area contributed by atoms with Crippen LogP contribution in [0.3, 0.4) is 0 Å². The van der Waals surface area contributed by atoms with E-state index in [2.05, 4.69) is 20.0 Å². The molecular weight excluding hydrogens is 552 g/mol. The Balaban J connectivity index is 1.36. The minimum atomic E-state index is -3.96. The molecule has 38 heavy (non-hydrogen) atoms. The lowest BCUT2D eigenvalue weighted by atomic mass is 9.83. The van der Waals surface area contributed by atoms with Crippen molar-refractivity contribution in [2.75, 3.05) is 19.0 Å². The maximum Gasteiger partial charge on any atom is 0.335 e. The number of aromatic nitrogens is 2. The number of ketones is 1. The van der Waals surface area contributed by atoms with Crippen LogP contribution in [0.15, 0.2) is 42.2 Å². The fraction of sp³-hybridized carbons (Fsp3) is 0.400. The summed E-state index contributed by atoms with van der Waals surface area (Å²) in [5.41, 5.74) is 2.51. The van der Waals surface area contributed by atoms with Gasteiger partial charge in [0.15, 0.2) is 0 Å². The van der Waals surface area contributed by atoms with Crippen molar-refractivity contribution in [3.05, 3.63) is 74.3 Å². The van der Waals surface area contributed by atoms with E-state index in [-0.39, 0.29) is 30.2 Å². The first-order valence-corrected chi connectivity index (χ1v) is 14.7. The molecule has 0 amide bonds. The van der Waals surface area contributed by atoms with Gasteiger partial charge in [0.1, 0.15) is 23.9 Å². The van der Waals surface area contributed by atoms with Gasteiger partial charge in [-0.3, -0.25) is 8.98 Å². The average Bonchev–Trinajstić information content (AvgIpc) is 3.52. The summed E-state index contributed by atoms with van der Waals surface area (Å²) in [5, 5.41) is 16.0. The summed E-state index contributed by atoms with van der Waals surface area (Å²) < 4.78 is 36.8. The van der Waals surface area contributed by atoms with E-state index in [9.17, 15) is 18.3 Å². The zero-order valence-corrected chi connectivity index (χ0v) is 23.1. The first-order chi connectivity index (χ1) is 18.1. The molecule has 1 aliphatic heterocycles. The molecule has 1 fully saturated rings. The molecule has 2 aromatic heterocycles. The summed E-state index contributed by atoms with van der Waals surface area (Å²) in [6, 6.07) is 7.26. The normalized spacial score (nSPS) is 25.2. The Bertz CT molecular complexity index is 1470. The van der Waals surface area contributed by atoms with Crippen LogP contribution in [0.2, 0.25) is 5.02 Å². The van der Waals surface area contributed by atoms with Crippen LogP contribution in [0.1, 0.15) is 51.7 Å². The number of halogens is 1. The van der Waals surface area contributed by atoms with Crippen LogP contribution in [-0.2, 0) is 31.2 Å². The zero-order valence-electron chi connectivity index (χ0n) is 20.7. The summed E-state index contributed by atoms with van der Waals surface area (Å²) >= 11 is 7.59. The molecule has 1 saturated carbocycles. The minimum Gasteiger partial charge on any atom is -0.390 e. The number of hydrogen-bond acceptors (Lipinski definition) is 10. The maximum absolute atomic E-state index is 13.6. The van der Waals surface area contributed by atoms with E-state index < -0.39 is 28.1 Å². The summed E-state index contributed by atoms with van der Waals surface area (Å²) in [6.07, 6.45) is 2.07. The Morgan fingerprint density at radius 2 is 2.13 bits per heavy atom. The molecule has 4 atom stereocenters. The second kappa shape index (κ2) is 10.6. The van der Waals surface area contributed by atoms with Gasteiger partial charge in [0, 0.05) is 24.3 Å². The first-order valence-electron chi connectivity index (χ1n) is 12.0. The highest BCUT2D eigenvalue weighted by Gasteiger charge is 2.38.